The number of hydrogen-bond donors (Lipinski definition) is 2. The van der Waals surface area contributed by atoms with E-state index in [-0.39, 0.29) is 6.42 Å². The molecule has 1 aromatic rings. The number of halogens is 1. The standard InChI is InChI=1S/C10H12ClNO2/c1-6-2-3-8(11)7(4-6)5-9(12)10(13)14/h2-4,9H,5,12H2,1H3,(H,13,14)/t9-/m0/s1. The van der Waals surface area contributed by atoms with E-state index in [1.165, 1.54) is 0 Å². The van der Waals surface area contributed by atoms with Gasteiger partial charge in [0.2, 0.25) is 0 Å². The van der Waals surface area contributed by atoms with Crippen LogP contribution in [0.4, 0.5) is 0 Å². The van der Waals surface area contributed by atoms with Crippen LogP contribution in [0.1, 0.15) is 11.1 Å². The molecule has 0 aromatic heterocycles. The summed E-state index contributed by atoms with van der Waals surface area (Å²) in [5.74, 6) is -1.01. The van der Waals surface area contributed by atoms with Crippen molar-refractivity contribution in [1.82, 2.24) is 0 Å². The molecule has 0 aliphatic carbocycles. The molecule has 0 saturated carbocycles. The molecule has 4 heteroatoms. The summed E-state index contributed by atoms with van der Waals surface area (Å²) in [6.45, 7) is 1.92. The van der Waals surface area contributed by atoms with Crippen molar-refractivity contribution in [1.29, 1.82) is 0 Å². The second-order valence-corrected chi connectivity index (χ2v) is 3.65. The van der Waals surface area contributed by atoms with Crippen LogP contribution in [0.25, 0.3) is 0 Å². The van der Waals surface area contributed by atoms with Crippen LogP contribution in [-0.2, 0) is 11.2 Å². The molecular formula is C10H12ClNO2. The van der Waals surface area contributed by atoms with E-state index < -0.39 is 12.0 Å². The maximum atomic E-state index is 10.5. The smallest absolute Gasteiger partial charge is 0.320 e. The highest BCUT2D eigenvalue weighted by Gasteiger charge is 2.13. The average molecular weight is 214 g/mol. The van der Waals surface area contributed by atoms with E-state index in [9.17, 15) is 4.79 Å². The molecule has 0 unspecified atom stereocenters. The minimum atomic E-state index is -1.01. The Bertz CT molecular complexity index is 352. The van der Waals surface area contributed by atoms with Gasteiger partial charge >= 0.3 is 5.97 Å². The Morgan fingerprint density at radius 3 is 2.86 bits per heavy atom. The SMILES string of the molecule is Cc1ccc(Cl)c(C[C@H](N)C(=O)O)c1. The largest absolute Gasteiger partial charge is 0.480 e. The molecule has 14 heavy (non-hydrogen) atoms. The van der Waals surface area contributed by atoms with Gasteiger partial charge in [-0.1, -0.05) is 29.3 Å². The van der Waals surface area contributed by atoms with Crippen molar-refractivity contribution in [2.24, 2.45) is 5.73 Å². The zero-order chi connectivity index (χ0) is 10.7. The van der Waals surface area contributed by atoms with E-state index in [0.29, 0.717) is 5.02 Å². The minimum Gasteiger partial charge on any atom is -0.480 e. The summed E-state index contributed by atoms with van der Waals surface area (Å²) in [6, 6.07) is 4.58. The third-order valence-corrected chi connectivity index (χ3v) is 2.33. The summed E-state index contributed by atoms with van der Waals surface area (Å²) in [5, 5.41) is 9.20. The normalized spacial score (nSPS) is 12.5. The first-order chi connectivity index (χ1) is 6.50. The highest BCUT2D eigenvalue weighted by molar-refractivity contribution is 6.31. The van der Waals surface area contributed by atoms with Crippen LogP contribution < -0.4 is 5.73 Å². The summed E-state index contributed by atoms with van der Waals surface area (Å²) in [6.07, 6.45) is 0.260. The minimum absolute atomic E-state index is 0.260. The molecule has 0 spiro atoms. The van der Waals surface area contributed by atoms with Gasteiger partial charge in [0.15, 0.2) is 0 Å². The van der Waals surface area contributed by atoms with Gasteiger partial charge in [-0.15, -0.1) is 0 Å². The summed E-state index contributed by atoms with van der Waals surface area (Å²) in [4.78, 5) is 10.5. The molecule has 3 nitrogen and oxygen atoms in total. The molecule has 0 radical (unpaired) electrons. The fraction of sp³-hybridized carbons (Fsp3) is 0.300. The molecule has 0 bridgehead atoms. The Morgan fingerprint density at radius 2 is 2.29 bits per heavy atom. The van der Waals surface area contributed by atoms with Crippen LogP contribution in [0.15, 0.2) is 18.2 Å². The third-order valence-electron chi connectivity index (χ3n) is 1.96. The van der Waals surface area contributed by atoms with Crippen LogP contribution in [0, 0.1) is 6.92 Å². The van der Waals surface area contributed by atoms with Crippen molar-refractivity contribution in [2.75, 3.05) is 0 Å². The topological polar surface area (TPSA) is 63.3 Å². The van der Waals surface area contributed by atoms with E-state index in [1.807, 2.05) is 19.1 Å². The zero-order valence-corrected chi connectivity index (χ0v) is 8.58. The lowest BCUT2D eigenvalue weighted by molar-refractivity contribution is -0.138. The molecular weight excluding hydrogens is 202 g/mol. The van der Waals surface area contributed by atoms with Gasteiger partial charge in [-0.05, 0) is 25.0 Å². The first-order valence-electron chi connectivity index (χ1n) is 4.24. The first-order valence-corrected chi connectivity index (χ1v) is 4.62. The van der Waals surface area contributed by atoms with Crippen molar-refractivity contribution < 1.29 is 9.90 Å². The highest BCUT2D eigenvalue weighted by atomic mass is 35.5. The van der Waals surface area contributed by atoms with Crippen LogP contribution in [0.3, 0.4) is 0 Å². The number of carboxylic acids is 1. The van der Waals surface area contributed by atoms with Gasteiger partial charge in [0.25, 0.3) is 0 Å². The molecule has 1 aromatic carbocycles. The number of aryl methyl sites for hydroxylation is 1. The second-order valence-electron chi connectivity index (χ2n) is 3.24. The van der Waals surface area contributed by atoms with Crippen LogP contribution >= 0.6 is 11.6 Å². The number of hydrogen-bond acceptors (Lipinski definition) is 2. The zero-order valence-electron chi connectivity index (χ0n) is 7.83. The lowest BCUT2D eigenvalue weighted by Crippen LogP contribution is -2.32. The van der Waals surface area contributed by atoms with Gasteiger partial charge in [0, 0.05) is 5.02 Å². The van der Waals surface area contributed by atoms with Gasteiger partial charge < -0.3 is 10.8 Å². The van der Waals surface area contributed by atoms with Crippen molar-refractivity contribution in [3.8, 4) is 0 Å². The summed E-state index contributed by atoms with van der Waals surface area (Å²) in [7, 11) is 0. The molecule has 1 rings (SSSR count). The molecule has 3 N–H and O–H groups in total. The number of carboxylic acid groups (broad SMARTS) is 1. The Labute approximate surface area is 87.5 Å². The summed E-state index contributed by atoms with van der Waals surface area (Å²) < 4.78 is 0. The van der Waals surface area contributed by atoms with Crippen molar-refractivity contribution in [2.45, 2.75) is 19.4 Å². The van der Waals surface area contributed by atoms with Gasteiger partial charge in [0.1, 0.15) is 6.04 Å². The second kappa shape index (κ2) is 4.44. The third kappa shape index (κ3) is 2.72. The van der Waals surface area contributed by atoms with Crippen LogP contribution in [0.5, 0.6) is 0 Å². The molecule has 76 valence electrons. The van der Waals surface area contributed by atoms with Gasteiger partial charge in [0.05, 0.1) is 0 Å². The number of carbonyl (C=O) groups is 1. The Morgan fingerprint density at radius 1 is 1.64 bits per heavy atom. The lowest BCUT2D eigenvalue weighted by atomic mass is 10.0. The van der Waals surface area contributed by atoms with Crippen LogP contribution in [-0.4, -0.2) is 17.1 Å². The Hall–Kier alpha value is -1.06. The molecule has 0 amide bonds. The molecule has 1 atom stereocenters. The molecule has 0 saturated heterocycles. The van der Waals surface area contributed by atoms with E-state index in [1.54, 1.807) is 6.07 Å². The van der Waals surface area contributed by atoms with Crippen molar-refractivity contribution in [3.05, 3.63) is 34.3 Å². The Kier molecular flexibility index (Phi) is 3.49. The van der Waals surface area contributed by atoms with E-state index in [4.69, 9.17) is 22.4 Å². The predicted molar refractivity (Wildman–Crippen MR) is 55.5 cm³/mol. The Balaban J connectivity index is 2.85. The molecule has 0 aliphatic rings. The number of aliphatic carboxylic acids is 1. The fourth-order valence-corrected chi connectivity index (χ4v) is 1.38. The lowest BCUT2D eigenvalue weighted by Gasteiger charge is -2.08. The average Bonchev–Trinajstić information content (AvgIpc) is 2.11. The van der Waals surface area contributed by atoms with Crippen LogP contribution in [0.2, 0.25) is 5.02 Å². The fourth-order valence-electron chi connectivity index (χ4n) is 1.18. The molecule has 0 heterocycles. The van der Waals surface area contributed by atoms with E-state index in [2.05, 4.69) is 0 Å². The van der Waals surface area contributed by atoms with Gasteiger partial charge in [-0.25, -0.2) is 0 Å². The summed E-state index contributed by atoms with van der Waals surface area (Å²) in [5.41, 5.74) is 7.23. The van der Waals surface area contributed by atoms with Crippen molar-refractivity contribution in [3.63, 3.8) is 0 Å². The highest BCUT2D eigenvalue weighted by Crippen LogP contribution is 2.18. The maximum absolute atomic E-state index is 10.5. The van der Waals surface area contributed by atoms with Gasteiger partial charge in [-0.3, -0.25) is 4.79 Å². The predicted octanol–water partition coefficient (Wildman–Crippen LogP) is 1.60. The number of benzene rings is 1. The first kappa shape index (κ1) is 11.0. The summed E-state index contributed by atoms with van der Waals surface area (Å²) >= 11 is 5.90. The number of nitrogens with two attached hydrogens (primary N) is 1. The van der Waals surface area contributed by atoms with Crippen molar-refractivity contribution >= 4 is 17.6 Å². The quantitative estimate of drug-likeness (QED) is 0.802. The molecule has 0 fully saturated rings. The molecule has 0 aliphatic heterocycles. The van der Waals surface area contributed by atoms with E-state index in [0.717, 1.165) is 11.1 Å². The maximum Gasteiger partial charge on any atom is 0.320 e. The van der Waals surface area contributed by atoms with Gasteiger partial charge in [-0.2, -0.15) is 0 Å². The van der Waals surface area contributed by atoms with E-state index >= 15 is 0 Å². The number of rotatable bonds is 3. The monoisotopic (exact) mass is 213 g/mol.